The molecule has 136 valence electrons. The van der Waals surface area contributed by atoms with Crippen molar-refractivity contribution in [2.45, 2.75) is 70.8 Å². The van der Waals surface area contributed by atoms with Crippen molar-refractivity contribution >= 4 is 5.91 Å². The molecular formula is C21H29NO3. The summed E-state index contributed by atoms with van der Waals surface area (Å²) >= 11 is 0. The molecule has 4 nitrogen and oxygen atoms in total. The van der Waals surface area contributed by atoms with E-state index in [0.717, 1.165) is 36.8 Å². The Bertz CT molecular complexity index is 756. The Kier molecular flexibility index (Phi) is 3.30. The highest BCUT2D eigenvalue weighted by Crippen LogP contribution is 2.65. The number of hydrogen-bond acceptors (Lipinski definition) is 3. The van der Waals surface area contributed by atoms with E-state index in [9.17, 15) is 15.0 Å². The van der Waals surface area contributed by atoms with Crippen LogP contribution in [0, 0.1) is 17.3 Å². The molecule has 2 unspecified atom stereocenters. The van der Waals surface area contributed by atoms with Crippen molar-refractivity contribution in [3.8, 4) is 11.5 Å². The van der Waals surface area contributed by atoms with Crippen LogP contribution in [-0.2, 0) is 16.6 Å². The minimum Gasteiger partial charge on any atom is -0.508 e. The van der Waals surface area contributed by atoms with Crippen LogP contribution >= 0.6 is 0 Å². The van der Waals surface area contributed by atoms with E-state index in [1.54, 1.807) is 0 Å². The number of fused-ring (bicyclic) bond motifs is 5. The second-order valence-electron chi connectivity index (χ2n) is 9.54. The summed E-state index contributed by atoms with van der Waals surface area (Å²) in [6.45, 7) is 8.94. The summed E-state index contributed by atoms with van der Waals surface area (Å²) in [5.41, 5.74) is 1.81. The van der Waals surface area contributed by atoms with Crippen LogP contribution in [0.4, 0.5) is 0 Å². The van der Waals surface area contributed by atoms with Gasteiger partial charge >= 0.3 is 0 Å². The lowest BCUT2D eigenvalue weighted by Crippen LogP contribution is -2.58. The minimum absolute atomic E-state index is 0.0245. The predicted octanol–water partition coefficient (Wildman–Crippen LogP) is 3.63. The molecule has 1 aromatic carbocycles. The second kappa shape index (κ2) is 4.93. The van der Waals surface area contributed by atoms with Crippen LogP contribution < -0.4 is 5.32 Å². The van der Waals surface area contributed by atoms with E-state index in [0.29, 0.717) is 18.3 Å². The number of phenols is 2. The molecule has 1 aliphatic heterocycles. The zero-order chi connectivity index (χ0) is 18.2. The van der Waals surface area contributed by atoms with Crippen LogP contribution in [0.1, 0.15) is 64.5 Å². The molecule has 25 heavy (non-hydrogen) atoms. The summed E-state index contributed by atoms with van der Waals surface area (Å²) in [5.74, 6) is 1.30. The first kappa shape index (κ1) is 16.7. The number of phenolic OH excluding ortho intramolecular Hbond substituents is 2. The third-order valence-corrected chi connectivity index (χ3v) is 7.72. The van der Waals surface area contributed by atoms with Crippen LogP contribution in [0.5, 0.6) is 11.5 Å². The summed E-state index contributed by atoms with van der Waals surface area (Å²) in [6, 6.07) is 3.30. The molecule has 3 aliphatic rings. The highest BCUT2D eigenvalue weighted by atomic mass is 16.3. The maximum absolute atomic E-state index is 12.3. The number of aromatic hydroxyl groups is 2. The van der Waals surface area contributed by atoms with Gasteiger partial charge in [0.25, 0.3) is 0 Å². The third kappa shape index (κ3) is 2.15. The number of carbonyl (C=O) groups excluding carboxylic acids is 1. The highest BCUT2D eigenvalue weighted by molar-refractivity contribution is 5.77. The summed E-state index contributed by atoms with van der Waals surface area (Å²) in [5, 5.41) is 23.8. The Morgan fingerprint density at radius 1 is 1.08 bits per heavy atom. The Labute approximate surface area is 149 Å². The quantitative estimate of drug-likeness (QED) is 0.674. The van der Waals surface area contributed by atoms with Crippen LogP contribution in [-0.4, -0.2) is 21.7 Å². The van der Waals surface area contributed by atoms with Gasteiger partial charge in [-0.3, -0.25) is 4.79 Å². The zero-order valence-corrected chi connectivity index (χ0v) is 15.6. The molecule has 0 aromatic heterocycles. The predicted molar refractivity (Wildman–Crippen MR) is 96.6 cm³/mol. The smallest absolute Gasteiger partial charge is 0.220 e. The fraction of sp³-hybridized carbons (Fsp3) is 0.667. The molecule has 1 heterocycles. The van der Waals surface area contributed by atoms with E-state index in [-0.39, 0.29) is 33.8 Å². The van der Waals surface area contributed by atoms with Crippen LogP contribution in [0.3, 0.4) is 0 Å². The van der Waals surface area contributed by atoms with Crippen molar-refractivity contribution in [3.05, 3.63) is 23.3 Å². The molecule has 0 bridgehead atoms. The van der Waals surface area contributed by atoms with E-state index < -0.39 is 0 Å². The first-order chi connectivity index (χ1) is 11.6. The highest BCUT2D eigenvalue weighted by Gasteiger charge is 2.61. The summed E-state index contributed by atoms with van der Waals surface area (Å²) in [4.78, 5) is 12.3. The lowest BCUT2D eigenvalue weighted by Gasteiger charge is -2.57. The SMILES string of the molecule is CC1(C)NC(=O)CC[C@@]2(C)C1CC[C@@]1(C)c3c(O)cc(O)cc3CC21. The van der Waals surface area contributed by atoms with Gasteiger partial charge in [0, 0.05) is 29.0 Å². The van der Waals surface area contributed by atoms with Crippen LogP contribution in [0.2, 0.25) is 0 Å². The summed E-state index contributed by atoms with van der Waals surface area (Å²) in [6.07, 6.45) is 4.36. The van der Waals surface area contributed by atoms with E-state index in [4.69, 9.17) is 0 Å². The fourth-order valence-corrected chi connectivity index (χ4v) is 6.81. The molecular weight excluding hydrogens is 314 g/mol. The van der Waals surface area contributed by atoms with Crippen molar-refractivity contribution in [1.82, 2.24) is 5.32 Å². The maximum atomic E-state index is 12.3. The van der Waals surface area contributed by atoms with Gasteiger partial charge in [-0.2, -0.15) is 0 Å². The van der Waals surface area contributed by atoms with Gasteiger partial charge in [0.15, 0.2) is 0 Å². The Hall–Kier alpha value is -1.71. The average Bonchev–Trinajstić information content (AvgIpc) is 2.74. The zero-order valence-electron chi connectivity index (χ0n) is 15.6. The molecule has 4 atom stereocenters. The van der Waals surface area contributed by atoms with Crippen molar-refractivity contribution in [3.63, 3.8) is 0 Å². The summed E-state index contributed by atoms with van der Waals surface area (Å²) < 4.78 is 0. The van der Waals surface area contributed by atoms with Gasteiger partial charge in [-0.1, -0.05) is 13.8 Å². The Morgan fingerprint density at radius 2 is 1.80 bits per heavy atom. The average molecular weight is 343 g/mol. The van der Waals surface area contributed by atoms with E-state index in [1.807, 2.05) is 6.07 Å². The van der Waals surface area contributed by atoms with Gasteiger partial charge in [0.05, 0.1) is 0 Å². The Morgan fingerprint density at radius 3 is 2.52 bits per heavy atom. The van der Waals surface area contributed by atoms with Gasteiger partial charge in [0.2, 0.25) is 5.91 Å². The molecule has 1 saturated heterocycles. The molecule has 1 aromatic rings. The van der Waals surface area contributed by atoms with Crippen molar-refractivity contribution in [1.29, 1.82) is 0 Å². The lowest BCUT2D eigenvalue weighted by atomic mass is 9.48. The second-order valence-corrected chi connectivity index (χ2v) is 9.54. The topological polar surface area (TPSA) is 69.6 Å². The van der Waals surface area contributed by atoms with E-state index in [2.05, 4.69) is 33.0 Å². The number of hydrogen-bond donors (Lipinski definition) is 3. The molecule has 1 amide bonds. The van der Waals surface area contributed by atoms with E-state index in [1.165, 1.54) is 6.07 Å². The first-order valence-electron chi connectivity index (χ1n) is 9.44. The standard InChI is InChI=1S/C21H29NO3/c1-19(2)15-5-7-21(4)16(20(15,3)8-6-17(25)22-19)10-12-9-13(23)11-14(24)18(12)21/h9,11,15-16,23-24H,5-8,10H2,1-4H3,(H,22,25)/t15?,16?,20-,21+/m0/s1. The number of benzene rings is 1. The number of carbonyl (C=O) groups is 1. The third-order valence-electron chi connectivity index (χ3n) is 7.72. The molecule has 0 radical (unpaired) electrons. The van der Waals surface area contributed by atoms with Gasteiger partial charge in [-0.25, -0.2) is 0 Å². The van der Waals surface area contributed by atoms with Crippen molar-refractivity contribution in [2.24, 2.45) is 17.3 Å². The number of nitrogens with one attached hydrogen (secondary N) is 1. The van der Waals surface area contributed by atoms with E-state index >= 15 is 0 Å². The van der Waals surface area contributed by atoms with Crippen molar-refractivity contribution < 1.29 is 15.0 Å². The lowest BCUT2D eigenvalue weighted by molar-refractivity contribution is -0.122. The molecule has 4 rings (SSSR count). The normalized spacial score (nSPS) is 39.0. The monoisotopic (exact) mass is 343 g/mol. The van der Waals surface area contributed by atoms with Gasteiger partial charge < -0.3 is 15.5 Å². The fourth-order valence-electron chi connectivity index (χ4n) is 6.81. The molecule has 3 N–H and O–H groups in total. The molecule has 2 aliphatic carbocycles. The molecule has 0 spiro atoms. The maximum Gasteiger partial charge on any atom is 0.220 e. The molecule has 2 fully saturated rings. The molecule has 1 saturated carbocycles. The Balaban J connectivity index is 1.85. The van der Waals surface area contributed by atoms with Crippen LogP contribution in [0.15, 0.2) is 12.1 Å². The van der Waals surface area contributed by atoms with Gasteiger partial charge in [0.1, 0.15) is 11.5 Å². The largest absolute Gasteiger partial charge is 0.508 e. The molecule has 4 heteroatoms. The number of amides is 1. The van der Waals surface area contributed by atoms with Gasteiger partial charge in [-0.05, 0) is 68.4 Å². The minimum atomic E-state index is -0.220. The number of rotatable bonds is 0. The first-order valence-corrected chi connectivity index (χ1v) is 9.44. The van der Waals surface area contributed by atoms with Gasteiger partial charge in [-0.15, -0.1) is 0 Å². The van der Waals surface area contributed by atoms with Crippen molar-refractivity contribution in [2.75, 3.05) is 0 Å². The van der Waals surface area contributed by atoms with Crippen LogP contribution in [0.25, 0.3) is 0 Å². The summed E-state index contributed by atoms with van der Waals surface area (Å²) in [7, 11) is 0.